The number of amides is 4. The summed E-state index contributed by atoms with van der Waals surface area (Å²) < 4.78 is 30.9. The number of rotatable bonds is 7. The number of ether oxygens (including phenoxy) is 3. The van der Waals surface area contributed by atoms with E-state index in [4.69, 9.17) is 37.4 Å². The molecule has 3 fully saturated rings. The van der Waals surface area contributed by atoms with Gasteiger partial charge in [-0.05, 0) is 103 Å². The van der Waals surface area contributed by atoms with Gasteiger partial charge in [0.2, 0.25) is 11.8 Å². The van der Waals surface area contributed by atoms with E-state index in [1.807, 2.05) is 30.4 Å². The average Bonchev–Trinajstić information content (AvgIpc) is 3.57. The largest absolute Gasteiger partial charge is 0.508 e. The minimum absolute atomic E-state index is 0.00281. The second-order valence-electron chi connectivity index (χ2n) is 15.1. The lowest BCUT2D eigenvalue weighted by atomic mass is 9.56. The number of allylic oxidation sites excluding steroid dienone is 3. The number of phenolic OH excluding ortho intramolecular Hbond substituents is 1. The van der Waals surface area contributed by atoms with Crippen LogP contribution in [0.15, 0.2) is 108 Å². The maximum atomic E-state index is 14.7. The molecular formula is C45H35Cl2FN2O8. The molecule has 9 rings (SSSR count). The van der Waals surface area contributed by atoms with E-state index < -0.39 is 57.0 Å². The molecule has 0 aromatic heterocycles. The summed E-state index contributed by atoms with van der Waals surface area (Å²) in [5.74, 6) is -4.71. The Morgan fingerprint density at radius 3 is 2.28 bits per heavy atom. The van der Waals surface area contributed by atoms with Crippen molar-refractivity contribution in [1.29, 1.82) is 0 Å². The predicted molar refractivity (Wildman–Crippen MR) is 215 cm³/mol. The lowest BCUT2D eigenvalue weighted by Gasteiger charge is -2.51. The Hall–Kier alpha value is -5.91. The summed E-state index contributed by atoms with van der Waals surface area (Å²) in [6, 6.07) is 22.0. The van der Waals surface area contributed by atoms with E-state index >= 15 is 0 Å². The number of alkyl halides is 2. The summed E-state index contributed by atoms with van der Waals surface area (Å²) in [6.45, 7) is 0. The van der Waals surface area contributed by atoms with Crippen LogP contribution in [0.3, 0.4) is 0 Å². The number of hydrogen-bond donors (Lipinski definition) is 1. The SMILES string of the molecule is COc1ccc(OC)c(C=Cc2ccc(N3C(=O)[C@H]4[C@H](CC=C5[C@H](C6=COc7ccc(O)cc7C6)[C@]6(Cl)C(=O)N(c7ccc(F)cc7)C(=O)[C@]6(Cl)C[C@H]54)C3=O)cc2)c1. The molecule has 5 aliphatic rings. The topological polar surface area (TPSA) is 123 Å². The van der Waals surface area contributed by atoms with Crippen molar-refractivity contribution in [2.45, 2.75) is 29.0 Å². The van der Waals surface area contributed by atoms with Gasteiger partial charge < -0.3 is 19.3 Å². The molecule has 6 atom stereocenters. The molecule has 3 aliphatic heterocycles. The van der Waals surface area contributed by atoms with E-state index in [2.05, 4.69) is 0 Å². The van der Waals surface area contributed by atoms with Gasteiger partial charge in [0.05, 0.1) is 43.7 Å². The molecule has 1 saturated carbocycles. The van der Waals surface area contributed by atoms with Crippen LogP contribution in [0.5, 0.6) is 23.0 Å². The van der Waals surface area contributed by atoms with Gasteiger partial charge >= 0.3 is 0 Å². The van der Waals surface area contributed by atoms with Crippen LogP contribution >= 0.6 is 23.2 Å². The molecule has 58 heavy (non-hydrogen) atoms. The second-order valence-corrected chi connectivity index (χ2v) is 16.3. The van der Waals surface area contributed by atoms with Gasteiger partial charge in [-0.2, -0.15) is 0 Å². The van der Waals surface area contributed by atoms with Gasteiger partial charge in [0.25, 0.3) is 11.8 Å². The third kappa shape index (κ3) is 5.58. The number of aromatic hydroxyl groups is 1. The number of methoxy groups -OCH3 is 2. The first-order valence-electron chi connectivity index (χ1n) is 18.7. The fourth-order valence-electron chi connectivity index (χ4n) is 9.35. The van der Waals surface area contributed by atoms with Gasteiger partial charge in [-0.15, -0.1) is 23.2 Å². The van der Waals surface area contributed by atoms with Crippen LogP contribution in [-0.4, -0.2) is 52.7 Å². The van der Waals surface area contributed by atoms with Gasteiger partial charge in [0, 0.05) is 23.5 Å². The third-order valence-electron chi connectivity index (χ3n) is 12.1. The van der Waals surface area contributed by atoms with Crippen LogP contribution < -0.4 is 24.0 Å². The van der Waals surface area contributed by atoms with E-state index in [1.54, 1.807) is 56.7 Å². The summed E-state index contributed by atoms with van der Waals surface area (Å²) in [4.78, 5) is 56.0. The minimum Gasteiger partial charge on any atom is -0.508 e. The van der Waals surface area contributed by atoms with Crippen LogP contribution in [0.2, 0.25) is 0 Å². The van der Waals surface area contributed by atoms with Crippen LogP contribution in [0.25, 0.3) is 12.2 Å². The number of anilines is 2. The van der Waals surface area contributed by atoms with Crippen molar-refractivity contribution >= 4 is 70.4 Å². The van der Waals surface area contributed by atoms with Crippen molar-refractivity contribution in [1.82, 2.24) is 0 Å². The number of nitrogens with zero attached hydrogens (tertiary/aromatic N) is 2. The Morgan fingerprint density at radius 2 is 1.55 bits per heavy atom. The third-order valence-corrected chi connectivity index (χ3v) is 13.5. The fourth-order valence-corrected chi connectivity index (χ4v) is 10.3. The van der Waals surface area contributed by atoms with Crippen molar-refractivity contribution in [2.75, 3.05) is 24.0 Å². The Balaban J connectivity index is 1.08. The summed E-state index contributed by atoms with van der Waals surface area (Å²) >= 11 is 15.0. The molecule has 0 spiro atoms. The van der Waals surface area contributed by atoms with Crippen LogP contribution in [0.1, 0.15) is 29.5 Å². The van der Waals surface area contributed by atoms with E-state index in [9.17, 15) is 28.7 Å². The summed E-state index contributed by atoms with van der Waals surface area (Å²) in [6.07, 6.45) is 7.22. The summed E-state index contributed by atoms with van der Waals surface area (Å²) in [5.41, 5.74) is 3.79. The number of fused-ring (bicyclic) bond motifs is 5. The Bertz CT molecular complexity index is 2520. The molecule has 4 aromatic rings. The van der Waals surface area contributed by atoms with E-state index in [0.717, 1.165) is 28.2 Å². The highest BCUT2D eigenvalue weighted by atomic mass is 35.5. The number of carbonyl (C=O) groups excluding carboxylic acids is 4. The number of hydrogen-bond acceptors (Lipinski definition) is 8. The molecule has 0 radical (unpaired) electrons. The number of halogens is 3. The molecule has 2 aliphatic carbocycles. The first kappa shape index (κ1) is 37.7. The maximum Gasteiger partial charge on any atom is 0.258 e. The first-order chi connectivity index (χ1) is 27.9. The van der Waals surface area contributed by atoms with Crippen LogP contribution in [-0.2, 0) is 25.6 Å². The van der Waals surface area contributed by atoms with E-state index in [-0.39, 0.29) is 36.6 Å². The van der Waals surface area contributed by atoms with Crippen molar-refractivity contribution in [3.8, 4) is 23.0 Å². The zero-order chi connectivity index (χ0) is 40.7. The standard InChI is InChI=1S/C45H35Cl2FN2O8/c1-56-32-14-18-36(57-2)25(21-32)6-3-24-4-9-29(10-5-24)49-40(52)34-16-15-33-35(38(34)41(49)53)22-44(46)42(54)50(30-11-7-28(48)8-12-30)43(55)45(44,47)39(33)27-19-26-20-31(51)13-17-37(26)58-23-27/h3-15,17-18,20-21,23,34-35,38-39,51H,16,19,22H2,1-2H3/t34-,35+,38-,39-,44+,45-/m0/s1. The molecule has 0 unspecified atom stereocenters. The molecule has 3 heterocycles. The highest BCUT2D eigenvalue weighted by molar-refractivity contribution is 6.58. The van der Waals surface area contributed by atoms with Gasteiger partial charge in [0.1, 0.15) is 28.8 Å². The monoisotopic (exact) mass is 820 g/mol. The summed E-state index contributed by atoms with van der Waals surface area (Å²) in [7, 11) is 3.17. The number of phenols is 1. The smallest absolute Gasteiger partial charge is 0.258 e. The minimum atomic E-state index is -2.11. The Kier molecular flexibility index (Phi) is 9.01. The molecule has 10 nitrogen and oxygen atoms in total. The molecule has 4 amide bonds. The molecule has 0 bridgehead atoms. The lowest BCUT2D eigenvalue weighted by Crippen LogP contribution is -2.61. The van der Waals surface area contributed by atoms with Crippen molar-refractivity contribution in [3.63, 3.8) is 0 Å². The highest BCUT2D eigenvalue weighted by Gasteiger charge is 2.77. The summed E-state index contributed by atoms with van der Waals surface area (Å²) in [5, 5.41) is 10.3. The molecule has 4 aromatic carbocycles. The second kappa shape index (κ2) is 13.9. The van der Waals surface area contributed by atoms with E-state index in [0.29, 0.717) is 39.6 Å². The van der Waals surface area contributed by atoms with Gasteiger partial charge in [-0.25, -0.2) is 9.29 Å². The number of carbonyl (C=O) groups is 4. The van der Waals surface area contributed by atoms with Crippen molar-refractivity contribution in [3.05, 3.63) is 131 Å². The Morgan fingerprint density at radius 1 is 0.828 bits per heavy atom. The zero-order valence-corrected chi connectivity index (χ0v) is 32.7. The number of imide groups is 2. The van der Waals surface area contributed by atoms with Gasteiger partial charge in [-0.1, -0.05) is 35.9 Å². The molecule has 294 valence electrons. The molecular weight excluding hydrogens is 786 g/mol. The zero-order valence-electron chi connectivity index (χ0n) is 31.2. The van der Waals surface area contributed by atoms with Crippen molar-refractivity contribution < 1.29 is 42.9 Å². The van der Waals surface area contributed by atoms with Crippen LogP contribution in [0, 0.1) is 29.5 Å². The number of benzene rings is 4. The van der Waals surface area contributed by atoms with Crippen molar-refractivity contribution in [2.24, 2.45) is 23.7 Å². The van der Waals surface area contributed by atoms with Gasteiger partial charge in [0.15, 0.2) is 9.75 Å². The fraction of sp³-hybridized carbons (Fsp3) is 0.244. The predicted octanol–water partition coefficient (Wildman–Crippen LogP) is 7.84. The Labute approximate surface area is 342 Å². The molecule has 1 N–H and O–H groups in total. The van der Waals surface area contributed by atoms with Crippen LogP contribution in [0.4, 0.5) is 15.8 Å². The highest BCUT2D eigenvalue weighted by Crippen LogP contribution is 2.65. The quantitative estimate of drug-likeness (QED) is 0.0867. The van der Waals surface area contributed by atoms with Gasteiger partial charge in [-0.3, -0.25) is 24.1 Å². The van der Waals surface area contributed by atoms with E-state index in [1.165, 1.54) is 29.4 Å². The molecule has 13 heteroatoms. The average molecular weight is 822 g/mol. The normalized spacial score (nSPS) is 27.4. The maximum absolute atomic E-state index is 14.7. The lowest BCUT2D eigenvalue weighted by molar-refractivity contribution is -0.125. The first-order valence-corrected chi connectivity index (χ1v) is 19.4. The molecule has 2 saturated heterocycles.